The molecule has 0 unspecified atom stereocenters. The van der Waals surface area contributed by atoms with E-state index in [2.05, 4.69) is 10.3 Å². The lowest BCUT2D eigenvalue weighted by atomic mass is 10.1. The van der Waals surface area contributed by atoms with Crippen molar-refractivity contribution < 1.29 is 13.2 Å². The van der Waals surface area contributed by atoms with Gasteiger partial charge in [-0.25, -0.2) is 0 Å². The third-order valence-corrected chi connectivity index (χ3v) is 2.81. The van der Waals surface area contributed by atoms with Gasteiger partial charge in [-0.15, -0.1) is 0 Å². The monoisotopic (exact) mass is 269 g/mol. The minimum absolute atomic E-state index is 0.0251. The molecule has 2 rings (SSSR count). The van der Waals surface area contributed by atoms with Gasteiger partial charge in [-0.3, -0.25) is 4.98 Å². The molecule has 0 atom stereocenters. The van der Waals surface area contributed by atoms with Crippen LogP contribution in [0.3, 0.4) is 0 Å². The van der Waals surface area contributed by atoms with Crippen LogP contribution in [0.2, 0.25) is 0 Å². The molecule has 0 radical (unpaired) electrons. The fourth-order valence-corrected chi connectivity index (χ4v) is 1.86. The molecule has 2 aromatic rings. The highest BCUT2D eigenvalue weighted by Crippen LogP contribution is 2.28. The molecule has 1 aromatic carbocycles. The summed E-state index contributed by atoms with van der Waals surface area (Å²) in [5.41, 5.74) is 7.16. The van der Waals surface area contributed by atoms with Crippen molar-refractivity contribution in [3.63, 3.8) is 0 Å². The Kier molecular flexibility index (Phi) is 3.78. The van der Waals surface area contributed by atoms with E-state index in [9.17, 15) is 13.2 Å². The molecule has 1 aromatic heterocycles. The van der Waals surface area contributed by atoms with Crippen molar-refractivity contribution in [2.24, 2.45) is 0 Å². The second-order valence-corrected chi connectivity index (χ2v) is 4.27. The van der Waals surface area contributed by atoms with Crippen LogP contribution >= 0.6 is 0 Å². The molecule has 3 nitrogen and oxygen atoms in total. The maximum absolute atomic E-state index is 12.0. The first-order valence-corrected chi connectivity index (χ1v) is 5.90. The van der Waals surface area contributed by atoms with Gasteiger partial charge in [0.2, 0.25) is 0 Å². The van der Waals surface area contributed by atoms with Crippen LogP contribution in [-0.2, 0) is 0 Å². The lowest BCUT2D eigenvalue weighted by Gasteiger charge is -2.12. The Bertz CT molecular complexity index is 567. The van der Waals surface area contributed by atoms with Crippen LogP contribution in [0, 0.1) is 0 Å². The van der Waals surface area contributed by atoms with E-state index in [0.29, 0.717) is 11.4 Å². The van der Waals surface area contributed by atoms with E-state index in [1.54, 1.807) is 24.5 Å². The van der Waals surface area contributed by atoms with Crippen LogP contribution < -0.4 is 11.1 Å². The summed E-state index contributed by atoms with van der Waals surface area (Å²) < 4.78 is 36.0. The number of alkyl halides is 3. The second kappa shape index (κ2) is 5.34. The molecule has 1 heterocycles. The Morgan fingerprint density at radius 3 is 2.74 bits per heavy atom. The first-order valence-electron chi connectivity index (χ1n) is 5.90. The van der Waals surface area contributed by atoms with Crippen molar-refractivity contribution in [3.8, 4) is 0 Å². The van der Waals surface area contributed by atoms with Crippen molar-refractivity contribution in [1.82, 2.24) is 4.98 Å². The first kappa shape index (κ1) is 13.5. The number of aromatic nitrogens is 1. The van der Waals surface area contributed by atoms with Crippen molar-refractivity contribution >= 4 is 22.1 Å². The highest BCUT2D eigenvalue weighted by molar-refractivity contribution is 5.98. The fourth-order valence-electron chi connectivity index (χ4n) is 1.86. The minimum Gasteiger partial charge on any atom is -0.397 e. The number of anilines is 2. The zero-order chi connectivity index (χ0) is 13.9. The second-order valence-electron chi connectivity index (χ2n) is 4.27. The predicted octanol–water partition coefficient (Wildman–Crippen LogP) is 3.57. The van der Waals surface area contributed by atoms with Gasteiger partial charge in [-0.1, -0.05) is 6.07 Å². The first-order chi connectivity index (χ1) is 8.97. The molecular weight excluding hydrogens is 255 g/mol. The van der Waals surface area contributed by atoms with Gasteiger partial charge in [-0.2, -0.15) is 13.2 Å². The highest BCUT2D eigenvalue weighted by Gasteiger charge is 2.25. The van der Waals surface area contributed by atoms with Gasteiger partial charge >= 0.3 is 6.18 Å². The Balaban J connectivity index is 2.03. The van der Waals surface area contributed by atoms with E-state index in [1.165, 1.54) is 0 Å². The van der Waals surface area contributed by atoms with Gasteiger partial charge < -0.3 is 11.1 Å². The van der Waals surface area contributed by atoms with E-state index in [4.69, 9.17) is 5.73 Å². The molecule has 0 aliphatic rings. The number of fused-ring (bicyclic) bond motifs is 1. The van der Waals surface area contributed by atoms with Crippen LogP contribution in [0.1, 0.15) is 12.8 Å². The molecule has 0 aliphatic carbocycles. The summed E-state index contributed by atoms with van der Waals surface area (Å²) in [6.07, 6.45) is -1.55. The Morgan fingerprint density at radius 2 is 2.00 bits per heavy atom. The summed E-state index contributed by atoms with van der Waals surface area (Å²) in [5, 5.41) is 4.68. The smallest absolute Gasteiger partial charge is 0.389 e. The lowest BCUT2D eigenvalue weighted by molar-refractivity contribution is -0.134. The van der Waals surface area contributed by atoms with Gasteiger partial charge in [0.15, 0.2) is 0 Å². The summed E-state index contributed by atoms with van der Waals surface area (Å²) in [6, 6.07) is 5.38. The molecule has 0 spiro atoms. The fraction of sp³-hybridized carbons (Fsp3) is 0.308. The average molecular weight is 269 g/mol. The zero-order valence-electron chi connectivity index (χ0n) is 10.2. The van der Waals surface area contributed by atoms with Crippen molar-refractivity contribution in [3.05, 3.63) is 30.6 Å². The number of halogens is 3. The predicted molar refractivity (Wildman–Crippen MR) is 69.9 cm³/mol. The SMILES string of the molecule is Nc1c(NCCCC(F)(F)F)ccc2cnccc12. The summed E-state index contributed by atoms with van der Waals surface area (Å²) in [5.74, 6) is 0. The number of rotatable bonds is 4. The number of hydrogen-bond acceptors (Lipinski definition) is 3. The van der Waals surface area contributed by atoms with Crippen LogP contribution in [0.4, 0.5) is 24.5 Å². The summed E-state index contributed by atoms with van der Waals surface area (Å²) in [6.45, 7) is 0.236. The maximum Gasteiger partial charge on any atom is 0.389 e. The number of hydrogen-bond donors (Lipinski definition) is 2. The Hall–Kier alpha value is -1.98. The molecule has 3 N–H and O–H groups in total. The minimum atomic E-state index is -4.11. The average Bonchev–Trinajstić information content (AvgIpc) is 2.36. The summed E-state index contributed by atoms with van der Waals surface area (Å²) >= 11 is 0. The van der Waals surface area contributed by atoms with Gasteiger partial charge in [0.05, 0.1) is 11.4 Å². The number of nitrogens with one attached hydrogen (secondary N) is 1. The van der Waals surface area contributed by atoms with E-state index < -0.39 is 12.6 Å². The number of benzene rings is 1. The normalized spacial score (nSPS) is 11.7. The number of pyridine rings is 1. The molecule has 0 aliphatic heterocycles. The number of nitrogens with zero attached hydrogens (tertiary/aromatic N) is 1. The van der Waals surface area contributed by atoms with E-state index >= 15 is 0 Å². The molecule has 0 amide bonds. The van der Waals surface area contributed by atoms with Gasteiger partial charge in [-0.05, 0) is 18.6 Å². The molecule has 19 heavy (non-hydrogen) atoms. The van der Waals surface area contributed by atoms with E-state index in [-0.39, 0.29) is 13.0 Å². The third-order valence-electron chi connectivity index (χ3n) is 2.81. The van der Waals surface area contributed by atoms with Crippen molar-refractivity contribution in [1.29, 1.82) is 0 Å². The largest absolute Gasteiger partial charge is 0.397 e. The van der Waals surface area contributed by atoms with Crippen LogP contribution in [0.15, 0.2) is 30.6 Å². The zero-order valence-corrected chi connectivity index (χ0v) is 10.2. The number of nitrogens with two attached hydrogens (primary N) is 1. The highest BCUT2D eigenvalue weighted by atomic mass is 19.4. The standard InChI is InChI=1S/C13H14F3N3/c14-13(15,16)5-1-6-19-11-3-2-9-8-18-7-4-10(9)12(11)17/h2-4,7-8,19H,1,5-6,17H2. The molecule has 6 heteroatoms. The quantitative estimate of drug-likeness (QED) is 0.659. The Labute approximate surface area is 108 Å². The Morgan fingerprint density at radius 1 is 1.21 bits per heavy atom. The summed E-state index contributed by atoms with van der Waals surface area (Å²) in [7, 11) is 0. The lowest BCUT2D eigenvalue weighted by Crippen LogP contribution is -2.11. The van der Waals surface area contributed by atoms with Gasteiger partial charge in [0, 0.05) is 36.1 Å². The van der Waals surface area contributed by atoms with Gasteiger partial charge in [0.25, 0.3) is 0 Å². The topological polar surface area (TPSA) is 50.9 Å². The molecule has 0 saturated heterocycles. The number of nitrogen functional groups attached to an aromatic ring is 1. The van der Waals surface area contributed by atoms with Crippen LogP contribution in [0.25, 0.3) is 10.8 Å². The van der Waals surface area contributed by atoms with Crippen LogP contribution in [-0.4, -0.2) is 17.7 Å². The molecular formula is C13H14F3N3. The third kappa shape index (κ3) is 3.49. The summed E-state index contributed by atoms with van der Waals surface area (Å²) in [4.78, 5) is 3.99. The van der Waals surface area contributed by atoms with E-state index in [0.717, 1.165) is 10.8 Å². The van der Waals surface area contributed by atoms with Crippen molar-refractivity contribution in [2.45, 2.75) is 19.0 Å². The van der Waals surface area contributed by atoms with Crippen LogP contribution in [0.5, 0.6) is 0 Å². The molecule has 0 fully saturated rings. The molecule has 102 valence electrons. The van der Waals surface area contributed by atoms with Gasteiger partial charge in [0.1, 0.15) is 0 Å². The maximum atomic E-state index is 12.0. The van der Waals surface area contributed by atoms with E-state index in [1.807, 2.05) is 6.07 Å². The molecule has 0 saturated carbocycles. The molecule has 0 bridgehead atoms. The van der Waals surface area contributed by atoms with Crippen molar-refractivity contribution in [2.75, 3.05) is 17.6 Å².